The maximum atomic E-state index is 11.8. The van der Waals surface area contributed by atoms with Gasteiger partial charge in [-0.15, -0.1) is 0 Å². The van der Waals surface area contributed by atoms with Crippen LogP contribution in [0, 0.1) is 0 Å². The fraction of sp³-hybridized carbons (Fsp3) is 0.438. The first kappa shape index (κ1) is 14.6. The minimum atomic E-state index is -0.103. The Labute approximate surface area is 120 Å². The predicted octanol–water partition coefficient (Wildman–Crippen LogP) is 2.74. The summed E-state index contributed by atoms with van der Waals surface area (Å²) in [6, 6.07) is 8.24. The molecule has 1 aliphatic carbocycles. The second kappa shape index (κ2) is 7.70. The van der Waals surface area contributed by atoms with Gasteiger partial charge >= 0.3 is 6.03 Å². The van der Waals surface area contributed by atoms with Crippen LogP contribution >= 0.6 is 0 Å². The number of benzene rings is 1. The van der Waals surface area contributed by atoms with Crippen LogP contribution < -0.4 is 10.6 Å². The van der Waals surface area contributed by atoms with Gasteiger partial charge in [-0.05, 0) is 30.9 Å². The molecule has 0 saturated carbocycles. The lowest BCUT2D eigenvalue weighted by Crippen LogP contribution is -2.40. The number of hydrogen-bond acceptors (Lipinski definition) is 2. The van der Waals surface area contributed by atoms with Gasteiger partial charge in [0.05, 0.1) is 6.61 Å². The second-order valence-corrected chi connectivity index (χ2v) is 4.92. The number of ether oxygens (including phenoxy) is 1. The van der Waals surface area contributed by atoms with Gasteiger partial charge in [0, 0.05) is 19.2 Å². The highest BCUT2D eigenvalue weighted by Crippen LogP contribution is 2.09. The molecule has 4 nitrogen and oxygen atoms in total. The molecule has 2 N–H and O–H groups in total. The van der Waals surface area contributed by atoms with Crippen molar-refractivity contribution < 1.29 is 9.53 Å². The minimum Gasteiger partial charge on any atom is -0.377 e. The lowest BCUT2D eigenvalue weighted by Gasteiger charge is -2.13. The maximum Gasteiger partial charge on any atom is 0.315 e. The minimum absolute atomic E-state index is 0.103. The molecule has 2 rings (SSSR count). The second-order valence-electron chi connectivity index (χ2n) is 4.92. The summed E-state index contributed by atoms with van der Waals surface area (Å²) in [5.41, 5.74) is 2.22. The van der Waals surface area contributed by atoms with Crippen molar-refractivity contribution in [3.63, 3.8) is 0 Å². The lowest BCUT2D eigenvalue weighted by atomic mass is 10.1. The quantitative estimate of drug-likeness (QED) is 0.784. The molecule has 0 aliphatic heterocycles. The Morgan fingerprint density at radius 1 is 1.30 bits per heavy atom. The molecule has 20 heavy (non-hydrogen) atoms. The molecule has 0 atom stereocenters. The first-order chi connectivity index (χ1) is 9.78. The van der Waals surface area contributed by atoms with Gasteiger partial charge in [-0.3, -0.25) is 0 Å². The lowest BCUT2D eigenvalue weighted by molar-refractivity contribution is 0.134. The smallest absolute Gasteiger partial charge is 0.315 e. The van der Waals surface area contributed by atoms with E-state index in [9.17, 15) is 4.79 Å². The number of nitrogens with one attached hydrogen (secondary N) is 2. The van der Waals surface area contributed by atoms with Crippen LogP contribution in [0.5, 0.6) is 0 Å². The van der Waals surface area contributed by atoms with Crippen LogP contribution in [0.1, 0.15) is 30.9 Å². The third kappa shape index (κ3) is 4.70. The molecule has 0 bridgehead atoms. The first-order valence-corrected chi connectivity index (χ1v) is 7.13. The van der Waals surface area contributed by atoms with E-state index in [1.165, 1.54) is 0 Å². The topological polar surface area (TPSA) is 50.4 Å². The molecule has 0 radical (unpaired) electrons. The molecule has 0 spiro atoms. The van der Waals surface area contributed by atoms with Gasteiger partial charge in [0.1, 0.15) is 0 Å². The van der Waals surface area contributed by atoms with Gasteiger partial charge in [-0.25, -0.2) is 4.79 Å². The summed E-state index contributed by atoms with van der Waals surface area (Å²) < 4.78 is 5.38. The van der Waals surface area contributed by atoms with Gasteiger partial charge in [-0.1, -0.05) is 36.4 Å². The van der Waals surface area contributed by atoms with Crippen LogP contribution in [-0.2, 0) is 17.9 Å². The monoisotopic (exact) mass is 274 g/mol. The Bertz CT molecular complexity index is 463. The number of urea groups is 1. The molecule has 0 fully saturated rings. The number of carbonyl (C=O) groups is 1. The largest absolute Gasteiger partial charge is 0.377 e. The van der Waals surface area contributed by atoms with Gasteiger partial charge < -0.3 is 15.4 Å². The Morgan fingerprint density at radius 2 is 2.05 bits per heavy atom. The van der Waals surface area contributed by atoms with E-state index >= 15 is 0 Å². The molecule has 2 amide bonds. The van der Waals surface area contributed by atoms with Gasteiger partial charge in [0.15, 0.2) is 0 Å². The van der Waals surface area contributed by atoms with Crippen molar-refractivity contribution in [2.45, 2.75) is 39.0 Å². The summed E-state index contributed by atoms with van der Waals surface area (Å²) in [6.45, 7) is 3.84. The van der Waals surface area contributed by atoms with Crippen molar-refractivity contribution in [3.8, 4) is 0 Å². The Kier molecular flexibility index (Phi) is 5.62. The zero-order valence-electron chi connectivity index (χ0n) is 11.9. The Balaban J connectivity index is 1.76. The van der Waals surface area contributed by atoms with E-state index in [1.54, 1.807) is 0 Å². The summed E-state index contributed by atoms with van der Waals surface area (Å²) in [7, 11) is 0. The fourth-order valence-electron chi connectivity index (χ4n) is 2.20. The van der Waals surface area contributed by atoms with Crippen LogP contribution in [0.15, 0.2) is 36.4 Å². The Morgan fingerprint density at radius 3 is 2.80 bits per heavy atom. The highest BCUT2D eigenvalue weighted by Gasteiger charge is 2.12. The zero-order chi connectivity index (χ0) is 14.2. The highest BCUT2D eigenvalue weighted by atomic mass is 16.5. The van der Waals surface area contributed by atoms with E-state index < -0.39 is 0 Å². The van der Waals surface area contributed by atoms with Gasteiger partial charge in [-0.2, -0.15) is 0 Å². The van der Waals surface area contributed by atoms with Crippen molar-refractivity contribution in [2.24, 2.45) is 0 Å². The van der Waals surface area contributed by atoms with Crippen molar-refractivity contribution >= 4 is 6.03 Å². The molecular weight excluding hydrogens is 252 g/mol. The van der Waals surface area contributed by atoms with E-state index in [0.29, 0.717) is 19.8 Å². The van der Waals surface area contributed by atoms with E-state index in [0.717, 1.165) is 24.0 Å². The molecule has 0 heterocycles. The van der Waals surface area contributed by atoms with Gasteiger partial charge in [0.2, 0.25) is 0 Å². The highest BCUT2D eigenvalue weighted by molar-refractivity contribution is 5.74. The molecule has 0 aromatic heterocycles. The van der Waals surface area contributed by atoms with Crippen molar-refractivity contribution in [2.75, 3.05) is 6.61 Å². The summed E-state index contributed by atoms with van der Waals surface area (Å²) >= 11 is 0. The number of hydrogen-bond donors (Lipinski definition) is 2. The molecule has 108 valence electrons. The molecule has 0 saturated heterocycles. The summed E-state index contributed by atoms with van der Waals surface area (Å²) in [6.07, 6.45) is 6.05. The van der Waals surface area contributed by atoms with Gasteiger partial charge in [0.25, 0.3) is 0 Å². The molecular formula is C16H22N2O2. The molecule has 1 aromatic rings. The van der Waals surface area contributed by atoms with Crippen molar-refractivity contribution in [3.05, 3.63) is 47.5 Å². The van der Waals surface area contributed by atoms with Crippen LogP contribution in [0.3, 0.4) is 0 Å². The van der Waals surface area contributed by atoms with Crippen LogP contribution in [0.4, 0.5) is 4.79 Å². The third-order valence-corrected chi connectivity index (χ3v) is 3.26. The Hall–Kier alpha value is -1.81. The molecule has 0 unspecified atom stereocenters. The third-order valence-electron chi connectivity index (χ3n) is 3.26. The van der Waals surface area contributed by atoms with Crippen LogP contribution in [-0.4, -0.2) is 18.7 Å². The fourth-order valence-corrected chi connectivity index (χ4v) is 2.20. The zero-order valence-corrected chi connectivity index (χ0v) is 11.9. The molecule has 4 heteroatoms. The average Bonchev–Trinajstić information content (AvgIpc) is 2.96. The van der Waals surface area contributed by atoms with E-state index in [2.05, 4.69) is 28.9 Å². The first-order valence-electron chi connectivity index (χ1n) is 7.13. The normalized spacial score (nSPS) is 14.4. The predicted molar refractivity (Wildman–Crippen MR) is 79.3 cm³/mol. The van der Waals surface area contributed by atoms with Crippen LogP contribution in [0.25, 0.3) is 0 Å². The summed E-state index contributed by atoms with van der Waals surface area (Å²) in [4.78, 5) is 11.8. The van der Waals surface area contributed by atoms with Crippen molar-refractivity contribution in [1.82, 2.24) is 10.6 Å². The standard InChI is InChI=1S/C16H22N2O2/c1-2-20-12-14-7-5-6-13(10-14)11-17-16(19)18-15-8-3-4-9-15/h3-7,10,15H,2,8-9,11-12H2,1H3,(H2,17,18,19). The SMILES string of the molecule is CCOCc1cccc(CNC(=O)NC2CC=CC2)c1. The summed E-state index contributed by atoms with van der Waals surface area (Å²) in [5.74, 6) is 0. The number of rotatable bonds is 6. The van der Waals surface area contributed by atoms with Crippen LogP contribution in [0.2, 0.25) is 0 Å². The van der Waals surface area contributed by atoms with E-state index in [1.807, 2.05) is 25.1 Å². The van der Waals surface area contributed by atoms with Crippen molar-refractivity contribution in [1.29, 1.82) is 0 Å². The average molecular weight is 274 g/mol. The summed E-state index contributed by atoms with van der Waals surface area (Å²) in [5, 5.41) is 5.85. The number of carbonyl (C=O) groups excluding carboxylic acids is 1. The molecule has 1 aliphatic rings. The maximum absolute atomic E-state index is 11.8. The number of amides is 2. The van der Waals surface area contributed by atoms with E-state index in [4.69, 9.17) is 4.74 Å². The van der Waals surface area contributed by atoms with E-state index in [-0.39, 0.29) is 12.1 Å². The molecule has 1 aromatic carbocycles.